The molecule has 0 aromatic rings. The molecule has 0 aromatic heterocycles. The predicted octanol–water partition coefficient (Wildman–Crippen LogP) is 0.0350. The van der Waals surface area contributed by atoms with Crippen LogP contribution in [0.25, 0.3) is 0 Å². The molecule has 1 fully saturated rings. The lowest BCUT2D eigenvalue weighted by molar-refractivity contribution is -0.148. The monoisotopic (exact) mass is 306 g/mol. The van der Waals surface area contributed by atoms with Gasteiger partial charge in [0.05, 0.1) is 18.6 Å². The average molecular weight is 306 g/mol. The Kier molecular flexibility index (Phi) is 5.57. The summed E-state index contributed by atoms with van der Waals surface area (Å²) in [7, 11) is 2.12. The van der Waals surface area contributed by atoms with Gasteiger partial charge in [0.15, 0.2) is 9.84 Å². The van der Waals surface area contributed by atoms with Gasteiger partial charge in [0, 0.05) is 12.1 Å². The van der Waals surface area contributed by atoms with Crippen LogP contribution in [0.1, 0.15) is 26.7 Å². The molecule has 3 atom stereocenters. The molecule has 1 heterocycles. The topological polar surface area (TPSA) is 75.7 Å². The zero-order valence-electron chi connectivity index (χ0n) is 13.0. The van der Waals surface area contributed by atoms with E-state index < -0.39 is 15.4 Å². The van der Waals surface area contributed by atoms with Crippen molar-refractivity contribution >= 4 is 15.8 Å². The van der Waals surface area contributed by atoms with Crippen LogP contribution in [0.4, 0.5) is 0 Å². The molecule has 6 nitrogen and oxygen atoms in total. The highest BCUT2D eigenvalue weighted by atomic mass is 32.2. The maximum Gasteiger partial charge on any atom is 0.325 e. The standard InChI is InChI=1S/C13H26N2O4S/c1-10(8-13(2,14-3)12(16)19-5)15(4)11-6-7-20(17,18)9-11/h10-11,14H,6-9H2,1-5H3. The summed E-state index contributed by atoms with van der Waals surface area (Å²) >= 11 is 0. The smallest absolute Gasteiger partial charge is 0.325 e. The first-order chi connectivity index (χ1) is 9.15. The Morgan fingerprint density at radius 2 is 2.15 bits per heavy atom. The van der Waals surface area contributed by atoms with E-state index in [0.717, 1.165) is 0 Å². The van der Waals surface area contributed by atoms with E-state index in [1.807, 2.05) is 14.0 Å². The van der Waals surface area contributed by atoms with Crippen molar-refractivity contribution in [3.63, 3.8) is 0 Å². The van der Waals surface area contributed by atoms with Crippen LogP contribution < -0.4 is 5.32 Å². The Bertz CT molecular complexity index is 451. The van der Waals surface area contributed by atoms with Crippen LogP contribution in [0.15, 0.2) is 0 Å². The van der Waals surface area contributed by atoms with E-state index in [9.17, 15) is 13.2 Å². The molecule has 0 amide bonds. The Morgan fingerprint density at radius 3 is 2.55 bits per heavy atom. The molecule has 1 N–H and O–H groups in total. The van der Waals surface area contributed by atoms with Gasteiger partial charge in [-0.05, 0) is 40.8 Å². The second kappa shape index (κ2) is 6.41. The molecule has 20 heavy (non-hydrogen) atoms. The molecule has 0 aliphatic carbocycles. The Balaban J connectivity index is 2.70. The van der Waals surface area contributed by atoms with Gasteiger partial charge in [0.1, 0.15) is 5.54 Å². The zero-order chi connectivity index (χ0) is 15.6. The maximum absolute atomic E-state index is 11.8. The molecular formula is C13H26N2O4S. The third-order valence-corrected chi connectivity index (χ3v) is 6.12. The van der Waals surface area contributed by atoms with Gasteiger partial charge in [-0.1, -0.05) is 0 Å². The summed E-state index contributed by atoms with van der Waals surface area (Å²) in [5, 5.41) is 3.00. The van der Waals surface area contributed by atoms with E-state index in [2.05, 4.69) is 10.2 Å². The lowest BCUT2D eigenvalue weighted by atomic mass is 9.92. The van der Waals surface area contributed by atoms with Crippen LogP contribution in [-0.4, -0.2) is 69.6 Å². The van der Waals surface area contributed by atoms with Crippen LogP contribution in [0.5, 0.6) is 0 Å². The quantitative estimate of drug-likeness (QED) is 0.698. The fourth-order valence-corrected chi connectivity index (χ4v) is 4.49. The van der Waals surface area contributed by atoms with Crippen molar-refractivity contribution in [2.75, 3.05) is 32.7 Å². The van der Waals surface area contributed by atoms with E-state index in [0.29, 0.717) is 12.8 Å². The molecular weight excluding hydrogens is 280 g/mol. The van der Waals surface area contributed by atoms with Crippen molar-refractivity contribution in [1.82, 2.24) is 10.2 Å². The van der Waals surface area contributed by atoms with Gasteiger partial charge >= 0.3 is 5.97 Å². The molecule has 118 valence electrons. The molecule has 3 unspecified atom stereocenters. The summed E-state index contributed by atoms with van der Waals surface area (Å²) in [5.74, 6) is 0.163. The molecule has 7 heteroatoms. The number of likely N-dealkylation sites (N-methyl/N-ethyl adjacent to an activating group) is 1. The highest BCUT2D eigenvalue weighted by Gasteiger charge is 2.38. The Hall–Kier alpha value is -0.660. The number of carbonyl (C=O) groups is 1. The van der Waals surface area contributed by atoms with Crippen molar-refractivity contribution in [1.29, 1.82) is 0 Å². The largest absolute Gasteiger partial charge is 0.468 e. The summed E-state index contributed by atoms with van der Waals surface area (Å²) in [6.45, 7) is 3.80. The SMILES string of the molecule is CNC(C)(CC(C)N(C)C1CCS(=O)(=O)C1)C(=O)OC. The van der Waals surface area contributed by atoms with Crippen LogP contribution in [0, 0.1) is 0 Å². The first kappa shape index (κ1) is 17.4. The number of esters is 1. The third kappa shape index (κ3) is 3.93. The minimum Gasteiger partial charge on any atom is -0.468 e. The van der Waals surface area contributed by atoms with Gasteiger partial charge in [0.2, 0.25) is 0 Å². The molecule has 0 radical (unpaired) electrons. The number of methoxy groups -OCH3 is 1. The maximum atomic E-state index is 11.8. The van der Waals surface area contributed by atoms with E-state index in [1.54, 1.807) is 14.0 Å². The fourth-order valence-electron chi connectivity index (χ4n) is 2.70. The lowest BCUT2D eigenvalue weighted by Crippen LogP contribution is -2.53. The van der Waals surface area contributed by atoms with Gasteiger partial charge in [0.25, 0.3) is 0 Å². The van der Waals surface area contributed by atoms with Crippen molar-refractivity contribution in [2.45, 2.75) is 44.3 Å². The molecule has 0 spiro atoms. The molecule has 1 aliphatic rings. The molecule has 0 aromatic carbocycles. The third-order valence-electron chi connectivity index (χ3n) is 4.37. The number of carbonyl (C=O) groups excluding carboxylic acids is 1. The zero-order valence-corrected chi connectivity index (χ0v) is 13.8. The first-order valence-corrected chi connectivity index (χ1v) is 8.67. The number of ether oxygens (including phenoxy) is 1. The van der Waals surface area contributed by atoms with Crippen molar-refractivity contribution < 1.29 is 17.9 Å². The van der Waals surface area contributed by atoms with Crippen LogP contribution in [0.3, 0.4) is 0 Å². The van der Waals surface area contributed by atoms with E-state index in [1.165, 1.54) is 7.11 Å². The Morgan fingerprint density at radius 1 is 1.55 bits per heavy atom. The van der Waals surface area contributed by atoms with Crippen molar-refractivity contribution in [2.24, 2.45) is 0 Å². The molecule has 1 rings (SSSR count). The van der Waals surface area contributed by atoms with E-state index in [-0.39, 0.29) is 29.6 Å². The van der Waals surface area contributed by atoms with E-state index >= 15 is 0 Å². The van der Waals surface area contributed by atoms with Crippen LogP contribution >= 0.6 is 0 Å². The number of hydrogen-bond donors (Lipinski definition) is 1. The summed E-state index contributed by atoms with van der Waals surface area (Å²) in [6.07, 6.45) is 1.22. The van der Waals surface area contributed by atoms with Crippen LogP contribution in [-0.2, 0) is 19.4 Å². The van der Waals surface area contributed by atoms with Gasteiger partial charge in [-0.15, -0.1) is 0 Å². The minimum atomic E-state index is -2.89. The predicted molar refractivity (Wildman–Crippen MR) is 78.4 cm³/mol. The summed E-state index contributed by atoms with van der Waals surface area (Å²) in [5.41, 5.74) is -0.764. The average Bonchev–Trinajstić information content (AvgIpc) is 2.76. The minimum absolute atomic E-state index is 0.0359. The first-order valence-electron chi connectivity index (χ1n) is 6.85. The van der Waals surface area contributed by atoms with Gasteiger partial charge in [-0.25, -0.2) is 8.42 Å². The van der Waals surface area contributed by atoms with Crippen molar-refractivity contribution in [3.8, 4) is 0 Å². The van der Waals surface area contributed by atoms with Gasteiger partial charge in [-0.2, -0.15) is 0 Å². The highest BCUT2D eigenvalue weighted by molar-refractivity contribution is 7.91. The normalized spacial score (nSPS) is 26.2. The second-order valence-electron chi connectivity index (χ2n) is 5.85. The summed E-state index contributed by atoms with van der Waals surface area (Å²) < 4.78 is 27.9. The molecule has 0 bridgehead atoms. The number of hydrogen-bond acceptors (Lipinski definition) is 6. The van der Waals surface area contributed by atoms with Crippen molar-refractivity contribution in [3.05, 3.63) is 0 Å². The molecule has 0 saturated carbocycles. The van der Waals surface area contributed by atoms with Gasteiger partial charge < -0.3 is 10.1 Å². The highest BCUT2D eigenvalue weighted by Crippen LogP contribution is 2.23. The summed E-state index contributed by atoms with van der Waals surface area (Å²) in [4.78, 5) is 13.9. The Labute approximate surface area is 121 Å². The number of nitrogens with zero attached hydrogens (tertiary/aromatic N) is 1. The lowest BCUT2D eigenvalue weighted by Gasteiger charge is -2.35. The van der Waals surface area contributed by atoms with Crippen LogP contribution in [0.2, 0.25) is 0 Å². The van der Waals surface area contributed by atoms with E-state index in [4.69, 9.17) is 4.74 Å². The van der Waals surface area contributed by atoms with Gasteiger partial charge in [-0.3, -0.25) is 9.69 Å². The number of nitrogens with one attached hydrogen (secondary N) is 1. The fraction of sp³-hybridized carbons (Fsp3) is 0.923. The second-order valence-corrected chi connectivity index (χ2v) is 8.08. The number of rotatable bonds is 6. The molecule has 1 aliphatic heterocycles. The number of sulfone groups is 1. The molecule has 1 saturated heterocycles. The summed E-state index contributed by atoms with van der Waals surface area (Å²) in [6, 6.07) is 0.110.